The molecule has 2 atom stereocenters. The van der Waals surface area contributed by atoms with Crippen molar-refractivity contribution < 1.29 is 18.0 Å². The molecule has 1 amide bonds. The van der Waals surface area contributed by atoms with Crippen molar-refractivity contribution in [3.63, 3.8) is 0 Å². The fourth-order valence-electron chi connectivity index (χ4n) is 1.13. The summed E-state index contributed by atoms with van der Waals surface area (Å²) in [5.74, 6) is -1.57. The van der Waals surface area contributed by atoms with Gasteiger partial charge in [0.15, 0.2) is 0 Å². The summed E-state index contributed by atoms with van der Waals surface area (Å²) in [7, 11) is 0. The highest BCUT2D eigenvalue weighted by molar-refractivity contribution is 5.82. The fraction of sp³-hybridized carbons (Fsp3) is 0.857. The maximum atomic E-state index is 11.7. The quantitative estimate of drug-likeness (QED) is 0.686. The van der Waals surface area contributed by atoms with Crippen LogP contribution in [0.4, 0.5) is 13.2 Å². The second kappa shape index (κ2) is 2.95. The standard InChI is InChI=1S/C7H10F3NO/c1-2-4-3-5(4)11-6(12)7(8,9)10/h4-5H,2-3H2,1H3,(H,11,12). The first-order chi connectivity index (χ1) is 5.45. The SMILES string of the molecule is CCC1CC1NC(=O)C(F)(F)F. The van der Waals surface area contributed by atoms with Crippen LogP contribution in [-0.2, 0) is 4.79 Å². The van der Waals surface area contributed by atoms with Gasteiger partial charge in [0.25, 0.3) is 0 Å². The van der Waals surface area contributed by atoms with Gasteiger partial charge in [-0.3, -0.25) is 4.79 Å². The zero-order chi connectivity index (χ0) is 9.35. The first kappa shape index (κ1) is 9.35. The molecule has 0 aliphatic heterocycles. The summed E-state index contributed by atoms with van der Waals surface area (Å²) in [6.45, 7) is 1.89. The van der Waals surface area contributed by atoms with Gasteiger partial charge in [-0.2, -0.15) is 13.2 Å². The van der Waals surface area contributed by atoms with Gasteiger partial charge in [-0.25, -0.2) is 0 Å². The fourth-order valence-corrected chi connectivity index (χ4v) is 1.13. The third-order valence-corrected chi connectivity index (χ3v) is 2.02. The van der Waals surface area contributed by atoms with Crippen LogP contribution in [-0.4, -0.2) is 18.1 Å². The van der Waals surface area contributed by atoms with E-state index in [1.165, 1.54) is 0 Å². The molecular weight excluding hydrogens is 171 g/mol. The minimum Gasteiger partial charge on any atom is -0.345 e. The highest BCUT2D eigenvalue weighted by atomic mass is 19.4. The summed E-state index contributed by atoms with van der Waals surface area (Å²) in [5.41, 5.74) is 0. The Kier molecular flexibility index (Phi) is 2.30. The van der Waals surface area contributed by atoms with E-state index < -0.39 is 12.1 Å². The lowest BCUT2D eigenvalue weighted by Gasteiger charge is -2.06. The number of rotatable bonds is 2. The summed E-state index contributed by atoms with van der Waals surface area (Å²) >= 11 is 0. The molecule has 12 heavy (non-hydrogen) atoms. The van der Waals surface area contributed by atoms with E-state index in [-0.39, 0.29) is 12.0 Å². The van der Waals surface area contributed by atoms with Crippen LogP contribution in [0.1, 0.15) is 19.8 Å². The number of amides is 1. The molecular formula is C7H10F3NO. The minimum absolute atomic E-state index is 0.246. The van der Waals surface area contributed by atoms with Crippen molar-refractivity contribution >= 4 is 5.91 Å². The monoisotopic (exact) mass is 181 g/mol. The third-order valence-electron chi connectivity index (χ3n) is 2.02. The van der Waals surface area contributed by atoms with E-state index in [2.05, 4.69) is 0 Å². The second-order valence-corrected chi connectivity index (χ2v) is 2.98. The average Bonchev–Trinajstić information content (AvgIpc) is 2.65. The molecule has 0 saturated heterocycles. The number of nitrogens with one attached hydrogen (secondary N) is 1. The molecule has 1 N–H and O–H groups in total. The predicted molar refractivity (Wildman–Crippen MR) is 36.4 cm³/mol. The first-order valence-electron chi connectivity index (χ1n) is 3.82. The number of hydrogen-bond acceptors (Lipinski definition) is 1. The smallest absolute Gasteiger partial charge is 0.345 e. The number of alkyl halides is 3. The van der Waals surface area contributed by atoms with Gasteiger partial charge in [-0.1, -0.05) is 13.3 Å². The van der Waals surface area contributed by atoms with Crippen LogP contribution in [0.25, 0.3) is 0 Å². The highest BCUT2D eigenvalue weighted by Gasteiger charge is 2.44. The molecule has 0 heterocycles. The Morgan fingerprint density at radius 1 is 1.58 bits per heavy atom. The molecule has 1 rings (SSSR count). The Labute approximate surface area is 68.1 Å². The van der Waals surface area contributed by atoms with Crippen molar-refractivity contribution in [1.29, 1.82) is 0 Å². The third kappa shape index (κ3) is 2.12. The van der Waals surface area contributed by atoms with E-state index in [1.807, 2.05) is 12.2 Å². The van der Waals surface area contributed by atoms with Gasteiger partial charge in [0.2, 0.25) is 0 Å². The maximum Gasteiger partial charge on any atom is 0.471 e. The number of hydrogen-bond donors (Lipinski definition) is 1. The molecule has 0 bridgehead atoms. The van der Waals surface area contributed by atoms with Crippen LogP contribution in [0.2, 0.25) is 0 Å². The second-order valence-electron chi connectivity index (χ2n) is 2.98. The van der Waals surface area contributed by atoms with Gasteiger partial charge in [0.05, 0.1) is 0 Å². The van der Waals surface area contributed by atoms with Crippen LogP contribution in [0, 0.1) is 5.92 Å². The molecule has 0 spiro atoms. The summed E-state index contributed by atoms with van der Waals surface area (Å²) < 4.78 is 35.0. The van der Waals surface area contributed by atoms with Gasteiger partial charge in [0, 0.05) is 6.04 Å². The largest absolute Gasteiger partial charge is 0.471 e. The van der Waals surface area contributed by atoms with Crippen molar-refractivity contribution in [1.82, 2.24) is 5.32 Å². The Bertz CT molecular complexity index is 190. The van der Waals surface area contributed by atoms with Crippen LogP contribution in [0.3, 0.4) is 0 Å². The van der Waals surface area contributed by atoms with Gasteiger partial charge in [-0.05, 0) is 12.3 Å². The van der Waals surface area contributed by atoms with E-state index in [1.54, 1.807) is 0 Å². The highest BCUT2D eigenvalue weighted by Crippen LogP contribution is 2.33. The molecule has 1 fully saturated rings. The van der Waals surface area contributed by atoms with Gasteiger partial charge >= 0.3 is 12.1 Å². The average molecular weight is 181 g/mol. The molecule has 1 aliphatic carbocycles. The molecule has 0 aromatic heterocycles. The van der Waals surface area contributed by atoms with Gasteiger partial charge in [0.1, 0.15) is 0 Å². The van der Waals surface area contributed by atoms with Crippen LogP contribution < -0.4 is 5.32 Å². The first-order valence-corrected chi connectivity index (χ1v) is 3.82. The summed E-state index contributed by atoms with van der Waals surface area (Å²) in [5, 5.41) is 1.93. The maximum absolute atomic E-state index is 11.7. The zero-order valence-electron chi connectivity index (χ0n) is 6.61. The number of carbonyl (C=O) groups is 1. The molecule has 0 aromatic carbocycles. The van der Waals surface area contributed by atoms with E-state index in [4.69, 9.17) is 0 Å². The van der Waals surface area contributed by atoms with Crippen molar-refractivity contribution in [2.45, 2.75) is 32.0 Å². The topological polar surface area (TPSA) is 29.1 Å². The summed E-state index contributed by atoms with van der Waals surface area (Å²) in [4.78, 5) is 10.3. The Balaban J connectivity index is 2.30. The lowest BCUT2D eigenvalue weighted by Crippen LogP contribution is -2.38. The number of carbonyl (C=O) groups excluding carboxylic acids is 1. The summed E-state index contributed by atoms with van der Waals surface area (Å²) in [6, 6.07) is -0.246. The lowest BCUT2D eigenvalue weighted by molar-refractivity contribution is -0.173. The number of halogens is 3. The zero-order valence-corrected chi connectivity index (χ0v) is 6.61. The molecule has 0 aromatic rings. The normalized spacial score (nSPS) is 28.3. The Morgan fingerprint density at radius 2 is 2.17 bits per heavy atom. The Morgan fingerprint density at radius 3 is 2.50 bits per heavy atom. The van der Waals surface area contributed by atoms with Gasteiger partial charge in [-0.15, -0.1) is 0 Å². The lowest BCUT2D eigenvalue weighted by atomic mass is 10.3. The molecule has 0 radical (unpaired) electrons. The van der Waals surface area contributed by atoms with Gasteiger partial charge < -0.3 is 5.32 Å². The predicted octanol–water partition coefficient (Wildman–Crippen LogP) is 1.46. The van der Waals surface area contributed by atoms with Crippen LogP contribution in [0.5, 0.6) is 0 Å². The van der Waals surface area contributed by atoms with Crippen molar-refractivity contribution in [3.05, 3.63) is 0 Å². The molecule has 1 aliphatic rings. The van der Waals surface area contributed by atoms with Crippen molar-refractivity contribution in [2.75, 3.05) is 0 Å². The molecule has 1 saturated carbocycles. The summed E-state index contributed by atoms with van der Waals surface area (Å²) in [6.07, 6.45) is -3.23. The molecule has 2 nitrogen and oxygen atoms in total. The molecule has 2 unspecified atom stereocenters. The minimum atomic E-state index is -4.74. The molecule has 5 heteroatoms. The van der Waals surface area contributed by atoms with Crippen molar-refractivity contribution in [2.24, 2.45) is 5.92 Å². The van der Waals surface area contributed by atoms with Crippen molar-refractivity contribution in [3.8, 4) is 0 Å². The molecule has 70 valence electrons. The van der Waals surface area contributed by atoms with E-state index in [0.717, 1.165) is 6.42 Å². The Hall–Kier alpha value is -0.740. The van der Waals surface area contributed by atoms with Crippen LogP contribution >= 0.6 is 0 Å². The van der Waals surface area contributed by atoms with E-state index >= 15 is 0 Å². The van der Waals surface area contributed by atoms with Crippen LogP contribution in [0.15, 0.2) is 0 Å². The van der Waals surface area contributed by atoms with E-state index in [9.17, 15) is 18.0 Å². The van der Waals surface area contributed by atoms with E-state index in [0.29, 0.717) is 6.42 Å².